The Morgan fingerprint density at radius 1 is 1.03 bits per heavy atom. The highest BCUT2D eigenvalue weighted by Crippen LogP contribution is 2.24. The molecule has 0 atom stereocenters. The summed E-state index contributed by atoms with van der Waals surface area (Å²) in [7, 11) is 0. The highest BCUT2D eigenvalue weighted by atomic mass is 16.4. The molecule has 0 aliphatic heterocycles. The first-order chi connectivity index (χ1) is 13.8. The fraction of sp³-hybridized carbons (Fsp3) is 0.200. The van der Waals surface area contributed by atoms with Crippen molar-refractivity contribution in [3.05, 3.63) is 94.8 Å². The molecule has 1 N–H and O–H groups in total. The lowest BCUT2D eigenvalue weighted by Crippen LogP contribution is -2.28. The SMILES string of the molecule is Cc1ccc(C(=O)c2cccn2CC#Cc2cccc(C(C)(C)C(=O)O)c2)cc1. The molecule has 0 aliphatic carbocycles. The van der Waals surface area contributed by atoms with Crippen molar-refractivity contribution in [2.75, 3.05) is 0 Å². The number of ketones is 1. The van der Waals surface area contributed by atoms with Crippen molar-refractivity contribution in [1.29, 1.82) is 0 Å². The van der Waals surface area contributed by atoms with Crippen molar-refractivity contribution in [3.8, 4) is 11.8 Å². The number of aromatic nitrogens is 1. The van der Waals surface area contributed by atoms with Crippen LogP contribution < -0.4 is 0 Å². The standard InChI is InChI=1S/C25H23NO3/c1-18-11-13-20(14-12-18)23(27)22-10-6-16-26(22)15-5-8-19-7-4-9-21(17-19)25(2,3)24(28)29/h4,6-7,9-14,16-17H,15H2,1-3H3,(H,28,29). The molecule has 2 aromatic carbocycles. The number of nitrogens with zero attached hydrogens (tertiary/aromatic N) is 1. The van der Waals surface area contributed by atoms with Gasteiger partial charge in [0.1, 0.15) is 0 Å². The molecule has 0 bridgehead atoms. The van der Waals surface area contributed by atoms with Crippen LogP contribution in [-0.2, 0) is 16.8 Å². The predicted octanol–water partition coefficient (Wildman–Crippen LogP) is 4.44. The van der Waals surface area contributed by atoms with Crippen LogP contribution in [0.15, 0.2) is 66.9 Å². The third-order valence-corrected chi connectivity index (χ3v) is 4.98. The van der Waals surface area contributed by atoms with E-state index in [1.165, 1.54) is 0 Å². The number of carboxylic acid groups (broad SMARTS) is 1. The van der Waals surface area contributed by atoms with Gasteiger partial charge in [0, 0.05) is 17.3 Å². The number of carboxylic acids is 1. The molecule has 3 aromatic rings. The van der Waals surface area contributed by atoms with Gasteiger partial charge in [0.2, 0.25) is 5.78 Å². The van der Waals surface area contributed by atoms with E-state index in [1.54, 1.807) is 32.0 Å². The summed E-state index contributed by atoms with van der Waals surface area (Å²) in [5, 5.41) is 9.41. The van der Waals surface area contributed by atoms with Gasteiger partial charge in [-0.05, 0) is 50.6 Å². The minimum Gasteiger partial charge on any atom is -0.481 e. The van der Waals surface area contributed by atoms with E-state index in [9.17, 15) is 14.7 Å². The maximum atomic E-state index is 12.8. The van der Waals surface area contributed by atoms with Crippen molar-refractivity contribution >= 4 is 11.8 Å². The van der Waals surface area contributed by atoms with E-state index in [-0.39, 0.29) is 5.78 Å². The summed E-state index contributed by atoms with van der Waals surface area (Å²) in [5.74, 6) is 5.23. The fourth-order valence-corrected chi connectivity index (χ4v) is 2.95. The average molecular weight is 385 g/mol. The van der Waals surface area contributed by atoms with E-state index >= 15 is 0 Å². The summed E-state index contributed by atoms with van der Waals surface area (Å²) >= 11 is 0. The Bertz CT molecular complexity index is 1110. The molecule has 0 fully saturated rings. The number of aryl methyl sites for hydroxylation is 1. The van der Waals surface area contributed by atoms with Crippen LogP contribution in [0, 0.1) is 18.8 Å². The zero-order valence-electron chi connectivity index (χ0n) is 16.8. The molecule has 0 saturated carbocycles. The number of rotatable bonds is 5. The van der Waals surface area contributed by atoms with Crippen molar-refractivity contribution < 1.29 is 14.7 Å². The molecule has 0 unspecified atom stereocenters. The number of benzene rings is 2. The van der Waals surface area contributed by atoms with Gasteiger partial charge in [0.15, 0.2) is 0 Å². The molecule has 29 heavy (non-hydrogen) atoms. The number of hydrogen-bond acceptors (Lipinski definition) is 2. The van der Waals surface area contributed by atoms with Crippen molar-refractivity contribution in [3.63, 3.8) is 0 Å². The van der Waals surface area contributed by atoms with Crippen molar-refractivity contribution in [2.24, 2.45) is 0 Å². The molecule has 4 heteroatoms. The molecule has 0 saturated heterocycles. The monoisotopic (exact) mass is 385 g/mol. The number of carbonyl (C=O) groups is 2. The predicted molar refractivity (Wildman–Crippen MR) is 113 cm³/mol. The molecule has 0 spiro atoms. The lowest BCUT2D eigenvalue weighted by molar-refractivity contribution is -0.142. The third kappa shape index (κ3) is 4.47. The Kier molecular flexibility index (Phi) is 5.70. The highest BCUT2D eigenvalue weighted by Gasteiger charge is 2.29. The third-order valence-electron chi connectivity index (χ3n) is 4.98. The molecule has 1 aromatic heterocycles. The van der Waals surface area contributed by atoms with Gasteiger partial charge >= 0.3 is 5.97 Å². The smallest absolute Gasteiger partial charge is 0.313 e. The van der Waals surface area contributed by atoms with Gasteiger partial charge in [0.05, 0.1) is 17.7 Å². The summed E-state index contributed by atoms with van der Waals surface area (Å²) in [6, 6.07) is 18.4. The van der Waals surface area contributed by atoms with E-state index < -0.39 is 11.4 Å². The zero-order valence-corrected chi connectivity index (χ0v) is 16.8. The van der Waals surface area contributed by atoms with Gasteiger partial charge in [-0.1, -0.05) is 53.8 Å². The fourth-order valence-electron chi connectivity index (χ4n) is 2.95. The van der Waals surface area contributed by atoms with Gasteiger partial charge in [-0.15, -0.1) is 0 Å². The molecular weight excluding hydrogens is 362 g/mol. The van der Waals surface area contributed by atoms with E-state index in [2.05, 4.69) is 11.8 Å². The second kappa shape index (κ2) is 8.20. The van der Waals surface area contributed by atoms with E-state index in [0.717, 1.165) is 11.1 Å². The second-order valence-electron chi connectivity index (χ2n) is 7.53. The molecular formula is C25H23NO3. The van der Waals surface area contributed by atoms with E-state index in [1.807, 2.05) is 60.2 Å². The summed E-state index contributed by atoms with van der Waals surface area (Å²) in [5.41, 5.74) is 2.81. The zero-order chi connectivity index (χ0) is 21.0. The Labute approximate surface area is 170 Å². The Balaban J connectivity index is 1.79. The van der Waals surface area contributed by atoms with Crippen LogP contribution in [0.5, 0.6) is 0 Å². The average Bonchev–Trinajstić information content (AvgIpc) is 3.16. The van der Waals surface area contributed by atoms with Crippen LogP contribution in [0.1, 0.15) is 46.6 Å². The van der Waals surface area contributed by atoms with Crippen LogP contribution in [0.2, 0.25) is 0 Å². The van der Waals surface area contributed by atoms with E-state index in [0.29, 0.717) is 23.4 Å². The maximum Gasteiger partial charge on any atom is 0.313 e. The molecule has 3 rings (SSSR count). The number of carbonyl (C=O) groups excluding carboxylic acids is 1. The van der Waals surface area contributed by atoms with Gasteiger partial charge in [-0.3, -0.25) is 9.59 Å². The minimum absolute atomic E-state index is 0.0398. The van der Waals surface area contributed by atoms with Crippen molar-refractivity contribution in [1.82, 2.24) is 4.57 Å². The molecule has 4 nitrogen and oxygen atoms in total. The quantitative estimate of drug-likeness (QED) is 0.522. The minimum atomic E-state index is -0.980. The number of hydrogen-bond donors (Lipinski definition) is 1. The molecule has 0 amide bonds. The second-order valence-corrected chi connectivity index (χ2v) is 7.53. The first-order valence-corrected chi connectivity index (χ1v) is 9.38. The van der Waals surface area contributed by atoms with E-state index in [4.69, 9.17) is 0 Å². The first kappa shape index (κ1) is 20.2. The first-order valence-electron chi connectivity index (χ1n) is 9.38. The van der Waals surface area contributed by atoms with Gasteiger partial charge in [0.25, 0.3) is 0 Å². The highest BCUT2D eigenvalue weighted by molar-refractivity contribution is 6.08. The summed E-state index contributed by atoms with van der Waals surface area (Å²) in [6.45, 7) is 5.70. The van der Waals surface area contributed by atoms with Crippen LogP contribution in [0.4, 0.5) is 0 Å². The van der Waals surface area contributed by atoms with Crippen LogP contribution >= 0.6 is 0 Å². The largest absolute Gasteiger partial charge is 0.481 e. The maximum absolute atomic E-state index is 12.8. The Morgan fingerprint density at radius 2 is 1.76 bits per heavy atom. The summed E-state index contributed by atoms with van der Waals surface area (Å²) in [4.78, 5) is 24.2. The lowest BCUT2D eigenvalue weighted by atomic mass is 9.84. The Hall–Kier alpha value is -3.58. The molecule has 146 valence electrons. The van der Waals surface area contributed by atoms with Gasteiger partial charge < -0.3 is 9.67 Å². The van der Waals surface area contributed by atoms with Crippen LogP contribution in [0.25, 0.3) is 0 Å². The van der Waals surface area contributed by atoms with Gasteiger partial charge in [-0.2, -0.15) is 0 Å². The topological polar surface area (TPSA) is 59.3 Å². The van der Waals surface area contributed by atoms with Crippen LogP contribution in [-0.4, -0.2) is 21.4 Å². The molecule has 0 radical (unpaired) electrons. The molecule has 0 aliphatic rings. The summed E-state index contributed by atoms with van der Waals surface area (Å²) < 4.78 is 1.82. The molecule has 1 heterocycles. The van der Waals surface area contributed by atoms with Crippen molar-refractivity contribution in [2.45, 2.75) is 32.7 Å². The Morgan fingerprint density at radius 3 is 2.45 bits per heavy atom. The van der Waals surface area contributed by atoms with Crippen LogP contribution in [0.3, 0.4) is 0 Å². The lowest BCUT2D eigenvalue weighted by Gasteiger charge is -2.19. The summed E-state index contributed by atoms with van der Waals surface area (Å²) in [6.07, 6.45) is 1.83. The number of aliphatic carboxylic acids is 1. The van der Waals surface area contributed by atoms with Gasteiger partial charge in [-0.25, -0.2) is 0 Å². The normalized spacial score (nSPS) is 10.9.